The van der Waals surface area contributed by atoms with Crippen LogP contribution in [-0.2, 0) is 5.41 Å². The van der Waals surface area contributed by atoms with Crippen molar-refractivity contribution in [2.24, 2.45) is 5.92 Å². The van der Waals surface area contributed by atoms with E-state index in [9.17, 15) is 10.1 Å². The Balaban J connectivity index is 1.88. The van der Waals surface area contributed by atoms with Crippen molar-refractivity contribution in [3.8, 4) is 17.6 Å². The van der Waals surface area contributed by atoms with Crippen molar-refractivity contribution in [3.63, 3.8) is 0 Å². The quantitative estimate of drug-likeness (QED) is 0.517. The molecular formula is C23H31N3O4. The Morgan fingerprint density at radius 1 is 1.17 bits per heavy atom. The van der Waals surface area contributed by atoms with Gasteiger partial charge in [-0.2, -0.15) is 5.26 Å². The molecule has 1 amide bonds. The molecule has 7 nitrogen and oxygen atoms in total. The van der Waals surface area contributed by atoms with Gasteiger partial charge >= 0.3 is 0 Å². The second-order valence-corrected chi connectivity index (χ2v) is 7.39. The molecular weight excluding hydrogens is 382 g/mol. The highest BCUT2D eigenvalue weighted by Gasteiger charge is 2.36. The smallest absolute Gasteiger partial charge is 0.287 e. The van der Waals surface area contributed by atoms with Gasteiger partial charge in [0.1, 0.15) is 0 Å². The second kappa shape index (κ2) is 11.3. The van der Waals surface area contributed by atoms with Crippen LogP contribution in [0.5, 0.6) is 11.5 Å². The van der Waals surface area contributed by atoms with Crippen LogP contribution in [-0.4, -0.2) is 39.8 Å². The van der Waals surface area contributed by atoms with Crippen molar-refractivity contribution in [1.82, 2.24) is 10.6 Å². The first-order valence-corrected chi connectivity index (χ1v) is 10.1. The van der Waals surface area contributed by atoms with Crippen molar-refractivity contribution < 1.29 is 18.7 Å². The summed E-state index contributed by atoms with van der Waals surface area (Å²) in [4.78, 5) is 11.8. The molecule has 1 aromatic carbocycles. The average Bonchev–Trinajstić information content (AvgIpc) is 3.30. The molecule has 0 aliphatic rings. The molecule has 0 saturated carbocycles. The summed E-state index contributed by atoms with van der Waals surface area (Å²) in [5, 5.41) is 16.2. The molecule has 0 bridgehead atoms. The number of nitrogens with zero attached hydrogens (tertiary/aromatic N) is 1. The van der Waals surface area contributed by atoms with Crippen LogP contribution in [0.15, 0.2) is 41.0 Å². The SMILES string of the molecule is COc1ccc([C@](C#N)(CCCNCCNC(=O)c2ccco2)C(C)C)cc1OC. The van der Waals surface area contributed by atoms with E-state index in [2.05, 4.69) is 30.6 Å². The minimum atomic E-state index is -0.616. The number of rotatable bonds is 12. The molecule has 0 aliphatic heterocycles. The van der Waals surface area contributed by atoms with Gasteiger partial charge in [-0.15, -0.1) is 0 Å². The number of furan rings is 1. The molecule has 1 aromatic heterocycles. The Hall–Kier alpha value is -2.98. The maximum Gasteiger partial charge on any atom is 0.287 e. The highest BCUT2D eigenvalue weighted by molar-refractivity contribution is 5.91. The van der Waals surface area contributed by atoms with E-state index in [0.717, 1.165) is 18.5 Å². The lowest BCUT2D eigenvalue weighted by atomic mass is 9.70. The minimum Gasteiger partial charge on any atom is -0.493 e. The second-order valence-electron chi connectivity index (χ2n) is 7.39. The van der Waals surface area contributed by atoms with E-state index in [0.29, 0.717) is 36.8 Å². The van der Waals surface area contributed by atoms with Gasteiger partial charge in [0, 0.05) is 13.1 Å². The maximum atomic E-state index is 11.8. The number of amides is 1. The van der Waals surface area contributed by atoms with E-state index in [1.165, 1.54) is 6.26 Å². The standard InChI is InChI=1S/C23H31N3O4/c1-17(2)23(16-24,18-8-9-19(28-3)21(15-18)29-4)10-6-11-25-12-13-26-22(27)20-7-5-14-30-20/h5,7-9,14-15,17,25H,6,10-13H2,1-4H3,(H,26,27)/t23-/m0/s1. The summed E-state index contributed by atoms with van der Waals surface area (Å²) in [6.07, 6.45) is 3.01. The number of nitriles is 1. The molecule has 1 atom stereocenters. The summed E-state index contributed by atoms with van der Waals surface area (Å²) >= 11 is 0. The Bertz CT molecular complexity index is 843. The molecule has 2 aromatic rings. The third-order valence-corrected chi connectivity index (χ3v) is 5.34. The van der Waals surface area contributed by atoms with Crippen molar-refractivity contribution in [2.45, 2.75) is 32.1 Å². The van der Waals surface area contributed by atoms with Crippen LogP contribution >= 0.6 is 0 Å². The van der Waals surface area contributed by atoms with Gasteiger partial charge < -0.3 is 24.5 Å². The number of benzene rings is 1. The summed E-state index contributed by atoms with van der Waals surface area (Å²) < 4.78 is 15.8. The largest absolute Gasteiger partial charge is 0.493 e. The van der Waals surface area contributed by atoms with Gasteiger partial charge in [0.2, 0.25) is 0 Å². The first-order valence-electron chi connectivity index (χ1n) is 10.1. The lowest BCUT2D eigenvalue weighted by Crippen LogP contribution is -2.34. The van der Waals surface area contributed by atoms with Crippen molar-refractivity contribution >= 4 is 5.91 Å². The molecule has 0 radical (unpaired) electrons. The highest BCUT2D eigenvalue weighted by atomic mass is 16.5. The van der Waals surface area contributed by atoms with Crippen molar-refractivity contribution in [1.29, 1.82) is 5.26 Å². The van der Waals surface area contributed by atoms with Crippen LogP contribution in [0.3, 0.4) is 0 Å². The van der Waals surface area contributed by atoms with Crippen LogP contribution in [0, 0.1) is 17.2 Å². The van der Waals surface area contributed by atoms with Crippen LogP contribution in [0.4, 0.5) is 0 Å². The molecule has 0 aliphatic carbocycles. The van der Waals surface area contributed by atoms with Gasteiger partial charge in [0.25, 0.3) is 5.91 Å². The number of nitrogens with one attached hydrogen (secondary N) is 2. The molecule has 30 heavy (non-hydrogen) atoms. The Morgan fingerprint density at radius 3 is 2.53 bits per heavy atom. The van der Waals surface area contributed by atoms with Crippen molar-refractivity contribution in [3.05, 3.63) is 47.9 Å². The molecule has 0 unspecified atom stereocenters. The van der Waals surface area contributed by atoms with Crippen LogP contribution in [0.1, 0.15) is 42.8 Å². The number of methoxy groups -OCH3 is 2. The molecule has 0 saturated heterocycles. The van der Waals surface area contributed by atoms with E-state index in [1.807, 2.05) is 18.2 Å². The monoisotopic (exact) mass is 413 g/mol. The molecule has 7 heteroatoms. The Kier molecular flexibility index (Phi) is 8.75. The molecule has 162 valence electrons. The van der Waals surface area contributed by atoms with Crippen LogP contribution < -0.4 is 20.1 Å². The number of hydrogen-bond acceptors (Lipinski definition) is 6. The Morgan fingerprint density at radius 2 is 1.93 bits per heavy atom. The fourth-order valence-corrected chi connectivity index (χ4v) is 3.51. The number of carbonyl (C=O) groups is 1. The fraction of sp³-hybridized carbons (Fsp3) is 0.478. The Labute approximate surface area is 178 Å². The zero-order valence-corrected chi connectivity index (χ0v) is 18.2. The van der Waals surface area contributed by atoms with Gasteiger partial charge in [-0.25, -0.2) is 0 Å². The molecule has 2 N–H and O–H groups in total. The highest BCUT2D eigenvalue weighted by Crippen LogP contribution is 2.40. The van der Waals surface area contributed by atoms with E-state index in [-0.39, 0.29) is 11.8 Å². The summed E-state index contributed by atoms with van der Waals surface area (Å²) in [7, 11) is 3.19. The zero-order valence-electron chi connectivity index (χ0n) is 18.2. The summed E-state index contributed by atoms with van der Waals surface area (Å²) in [6.45, 7) is 6.03. The fourth-order valence-electron chi connectivity index (χ4n) is 3.51. The van der Waals surface area contributed by atoms with Crippen LogP contribution in [0.2, 0.25) is 0 Å². The summed E-state index contributed by atoms with van der Waals surface area (Å²) in [5.74, 6) is 1.49. The number of ether oxygens (including phenoxy) is 2. The predicted molar refractivity (Wildman–Crippen MR) is 115 cm³/mol. The maximum absolute atomic E-state index is 11.8. The molecule has 0 fully saturated rings. The average molecular weight is 414 g/mol. The molecule has 2 rings (SSSR count). The van der Waals surface area contributed by atoms with E-state index < -0.39 is 5.41 Å². The number of hydrogen-bond donors (Lipinski definition) is 2. The van der Waals surface area contributed by atoms with Gasteiger partial charge in [0.15, 0.2) is 17.3 Å². The van der Waals surface area contributed by atoms with E-state index >= 15 is 0 Å². The first kappa shape index (κ1) is 23.3. The molecule has 1 heterocycles. The van der Waals surface area contributed by atoms with E-state index in [1.54, 1.807) is 26.4 Å². The topological polar surface area (TPSA) is 96.5 Å². The third kappa shape index (κ3) is 5.55. The van der Waals surface area contributed by atoms with Gasteiger partial charge in [0.05, 0.1) is 32.0 Å². The lowest BCUT2D eigenvalue weighted by molar-refractivity contribution is 0.0926. The molecule has 0 spiro atoms. The lowest BCUT2D eigenvalue weighted by Gasteiger charge is -2.32. The first-order chi connectivity index (χ1) is 14.5. The minimum absolute atomic E-state index is 0.133. The predicted octanol–water partition coefficient (Wildman–Crippen LogP) is 3.51. The summed E-state index contributed by atoms with van der Waals surface area (Å²) in [5.41, 5.74) is 0.317. The van der Waals surface area contributed by atoms with Crippen molar-refractivity contribution in [2.75, 3.05) is 33.9 Å². The van der Waals surface area contributed by atoms with Gasteiger partial charge in [-0.3, -0.25) is 4.79 Å². The summed E-state index contributed by atoms with van der Waals surface area (Å²) in [6, 6.07) is 11.6. The number of carbonyl (C=O) groups excluding carboxylic acids is 1. The van der Waals surface area contributed by atoms with Gasteiger partial charge in [-0.05, 0) is 55.1 Å². The van der Waals surface area contributed by atoms with E-state index in [4.69, 9.17) is 13.9 Å². The van der Waals surface area contributed by atoms with Gasteiger partial charge in [-0.1, -0.05) is 19.9 Å². The van der Waals surface area contributed by atoms with Crippen LogP contribution in [0.25, 0.3) is 0 Å². The third-order valence-electron chi connectivity index (χ3n) is 5.34. The zero-order chi connectivity index (χ0) is 22.0. The normalized spacial score (nSPS) is 12.8.